The summed E-state index contributed by atoms with van der Waals surface area (Å²) in [7, 11) is 0. The number of carbonyl (C=O) groups is 1. The highest BCUT2D eigenvalue weighted by Crippen LogP contribution is 2.25. The largest absolute Gasteiger partial charge is 0.490 e. The lowest BCUT2D eigenvalue weighted by Gasteiger charge is -2.32. The maximum Gasteiger partial charge on any atom is 0.309 e. The Morgan fingerprint density at radius 1 is 0.884 bits per heavy atom. The number of hydrogen-bond donors (Lipinski definition) is 1. The Kier molecular flexibility index (Phi) is 11.4. The first-order valence-corrected chi connectivity index (χ1v) is 15.5. The number of likely N-dealkylation sites (tertiary alicyclic amines) is 1. The molecule has 0 bridgehead atoms. The molecular weight excluding hydrogens is 540 g/mol. The van der Waals surface area contributed by atoms with Gasteiger partial charge in [-0.05, 0) is 112 Å². The van der Waals surface area contributed by atoms with Gasteiger partial charge in [-0.25, -0.2) is 0 Å². The Hall–Kier alpha value is -3.88. The van der Waals surface area contributed by atoms with Crippen LogP contribution >= 0.6 is 0 Å². The number of rotatable bonds is 15. The van der Waals surface area contributed by atoms with E-state index in [1.54, 1.807) is 18.6 Å². The summed E-state index contributed by atoms with van der Waals surface area (Å²) in [6, 6.07) is 17.7. The molecule has 4 aromatic rings. The Morgan fingerprint density at radius 3 is 2.21 bits per heavy atom. The van der Waals surface area contributed by atoms with E-state index in [2.05, 4.69) is 32.0 Å². The van der Waals surface area contributed by atoms with Gasteiger partial charge in [-0.1, -0.05) is 18.2 Å². The number of β-amino-alcohol motifs (C(OH)–C–C–N with tert-alkyl or cyclic N) is 1. The van der Waals surface area contributed by atoms with E-state index in [9.17, 15) is 9.90 Å². The fraction of sp³-hybridized carbons (Fsp3) is 0.429. The third-order valence-corrected chi connectivity index (χ3v) is 8.14. The number of piperidine rings is 1. The number of pyridine rings is 3. The molecule has 3 aromatic heterocycles. The van der Waals surface area contributed by atoms with E-state index in [0.29, 0.717) is 6.54 Å². The average molecular weight is 583 g/mol. The summed E-state index contributed by atoms with van der Waals surface area (Å²) >= 11 is 0. The number of aryl methyl sites for hydroxylation is 2. The number of aliphatic hydroxyl groups is 1. The van der Waals surface area contributed by atoms with Gasteiger partial charge < -0.3 is 19.5 Å². The van der Waals surface area contributed by atoms with E-state index in [1.807, 2.05) is 54.9 Å². The molecule has 1 fully saturated rings. The summed E-state index contributed by atoms with van der Waals surface area (Å²) in [4.78, 5) is 28.2. The van der Waals surface area contributed by atoms with E-state index in [0.717, 1.165) is 81.1 Å². The zero-order valence-electron chi connectivity index (χ0n) is 24.8. The fourth-order valence-electron chi connectivity index (χ4n) is 5.77. The number of esters is 1. The molecule has 4 heterocycles. The predicted octanol–water partition coefficient (Wildman–Crippen LogP) is 5.43. The second-order valence-electron chi connectivity index (χ2n) is 11.4. The zero-order chi connectivity index (χ0) is 29.7. The molecule has 1 aliphatic heterocycles. The Labute approximate surface area is 254 Å². The van der Waals surface area contributed by atoms with Gasteiger partial charge in [-0.15, -0.1) is 0 Å². The van der Waals surface area contributed by atoms with Gasteiger partial charge in [0.2, 0.25) is 0 Å². The van der Waals surface area contributed by atoms with E-state index in [1.165, 1.54) is 11.1 Å². The van der Waals surface area contributed by atoms with Crippen LogP contribution in [0.25, 0.3) is 10.9 Å². The number of benzene rings is 1. The summed E-state index contributed by atoms with van der Waals surface area (Å²) in [5, 5.41) is 11.6. The van der Waals surface area contributed by atoms with Crippen LogP contribution in [0.15, 0.2) is 85.6 Å². The molecule has 226 valence electrons. The van der Waals surface area contributed by atoms with E-state index >= 15 is 0 Å². The SMILES string of the molecule is O=C(OC(CCCc1cccnc1)CCCc1cccnc1)C1CCN(CC(O)COc2cccc3ncccc23)CC1. The van der Waals surface area contributed by atoms with Gasteiger partial charge in [-0.2, -0.15) is 0 Å². The Morgan fingerprint density at radius 2 is 1.56 bits per heavy atom. The quantitative estimate of drug-likeness (QED) is 0.185. The molecular formula is C35H42N4O4. The van der Waals surface area contributed by atoms with Crippen molar-refractivity contribution in [3.05, 3.63) is 96.7 Å². The fourth-order valence-corrected chi connectivity index (χ4v) is 5.77. The number of hydrogen-bond acceptors (Lipinski definition) is 8. The first-order valence-electron chi connectivity index (χ1n) is 15.5. The molecule has 43 heavy (non-hydrogen) atoms. The van der Waals surface area contributed by atoms with E-state index in [-0.39, 0.29) is 24.6 Å². The smallest absolute Gasteiger partial charge is 0.309 e. The monoisotopic (exact) mass is 582 g/mol. The second kappa shape index (κ2) is 16.1. The maximum atomic E-state index is 13.2. The van der Waals surface area contributed by atoms with Crippen molar-refractivity contribution in [2.75, 3.05) is 26.2 Å². The zero-order valence-corrected chi connectivity index (χ0v) is 24.8. The van der Waals surface area contributed by atoms with Gasteiger partial charge in [-0.3, -0.25) is 19.7 Å². The lowest BCUT2D eigenvalue weighted by Crippen LogP contribution is -2.42. The summed E-state index contributed by atoms with van der Waals surface area (Å²) in [6.45, 7) is 2.22. The van der Waals surface area contributed by atoms with Gasteiger partial charge in [0.1, 0.15) is 24.6 Å². The first-order chi connectivity index (χ1) is 21.1. The molecule has 0 spiro atoms. The third kappa shape index (κ3) is 9.56. The highest BCUT2D eigenvalue weighted by atomic mass is 16.5. The van der Waals surface area contributed by atoms with Crippen LogP contribution in [0.3, 0.4) is 0 Å². The molecule has 8 nitrogen and oxygen atoms in total. The highest BCUT2D eigenvalue weighted by molar-refractivity contribution is 5.84. The van der Waals surface area contributed by atoms with Crippen LogP contribution in [0.5, 0.6) is 5.75 Å². The molecule has 0 saturated carbocycles. The lowest BCUT2D eigenvalue weighted by atomic mass is 9.96. The molecule has 1 aliphatic rings. The topological polar surface area (TPSA) is 97.7 Å². The van der Waals surface area contributed by atoms with Gasteiger partial charge in [0, 0.05) is 42.9 Å². The lowest BCUT2D eigenvalue weighted by molar-refractivity contribution is -0.156. The minimum absolute atomic E-state index is 0.0825. The first kappa shape index (κ1) is 30.6. The summed E-state index contributed by atoms with van der Waals surface area (Å²) in [6.07, 6.45) is 15.3. The minimum atomic E-state index is -0.626. The summed E-state index contributed by atoms with van der Waals surface area (Å²) < 4.78 is 12.1. The molecule has 0 amide bonds. The van der Waals surface area contributed by atoms with Crippen LogP contribution in [0.1, 0.15) is 49.7 Å². The standard InChI is InChI=1S/C35H42N4O4/c40-30(26-42-34-15-3-14-33-32(34)13-6-20-38-33)25-39-21-16-29(17-22-39)35(41)43-31(11-1-7-27-9-4-18-36-23-27)12-2-8-28-10-5-19-37-24-28/h3-6,9-10,13-15,18-20,23-24,29-31,40H,1-2,7-8,11-12,16-17,21-22,25-26H2. The Balaban J connectivity index is 1.06. The number of aliphatic hydroxyl groups excluding tert-OH is 1. The predicted molar refractivity (Wildman–Crippen MR) is 167 cm³/mol. The van der Waals surface area contributed by atoms with Crippen molar-refractivity contribution in [3.8, 4) is 5.75 Å². The third-order valence-electron chi connectivity index (χ3n) is 8.14. The Bertz CT molecular complexity index is 1350. The van der Waals surface area contributed by atoms with Crippen LogP contribution in [0, 0.1) is 5.92 Å². The second-order valence-corrected chi connectivity index (χ2v) is 11.4. The van der Waals surface area contributed by atoms with Crippen LogP contribution in [0.2, 0.25) is 0 Å². The summed E-state index contributed by atoms with van der Waals surface area (Å²) in [5.41, 5.74) is 3.28. The molecule has 0 aliphatic carbocycles. The van der Waals surface area contributed by atoms with Crippen LogP contribution in [0.4, 0.5) is 0 Å². The molecule has 1 aromatic carbocycles. The van der Waals surface area contributed by atoms with Crippen molar-refractivity contribution in [3.63, 3.8) is 0 Å². The van der Waals surface area contributed by atoms with Crippen LogP contribution in [-0.2, 0) is 22.4 Å². The molecule has 1 unspecified atom stereocenters. The molecule has 5 rings (SSSR count). The average Bonchev–Trinajstić information content (AvgIpc) is 3.05. The molecule has 8 heteroatoms. The number of ether oxygens (including phenoxy) is 2. The molecule has 1 atom stereocenters. The normalized spacial score (nSPS) is 15.0. The van der Waals surface area contributed by atoms with Crippen molar-refractivity contribution in [1.82, 2.24) is 19.9 Å². The number of nitrogens with zero attached hydrogens (tertiary/aromatic N) is 4. The molecule has 1 saturated heterocycles. The van der Waals surface area contributed by atoms with E-state index < -0.39 is 6.10 Å². The number of carbonyl (C=O) groups excluding carboxylic acids is 1. The minimum Gasteiger partial charge on any atom is -0.490 e. The molecule has 1 N–H and O–H groups in total. The van der Waals surface area contributed by atoms with Crippen molar-refractivity contribution in [2.45, 2.75) is 63.6 Å². The maximum absolute atomic E-state index is 13.2. The summed E-state index contributed by atoms with van der Waals surface area (Å²) in [5.74, 6) is 0.536. The van der Waals surface area contributed by atoms with Crippen LogP contribution < -0.4 is 4.74 Å². The van der Waals surface area contributed by atoms with Crippen molar-refractivity contribution < 1.29 is 19.4 Å². The highest BCUT2D eigenvalue weighted by Gasteiger charge is 2.29. The van der Waals surface area contributed by atoms with E-state index in [4.69, 9.17) is 9.47 Å². The van der Waals surface area contributed by atoms with Crippen molar-refractivity contribution in [2.24, 2.45) is 5.92 Å². The number of fused-ring (bicyclic) bond motifs is 1. The van der Waals surface area contributed by atoms with Gasteiger partial charge in [0.05, 0.1) is 11.4 Å². The van der Waals surface area contributed by atoms with Gasteiger partial charge >= 0.3 is 5.97 Å². The molecule has 0 radical (unpaired) electrons. The van der Waals surface area contributed by atoms with Crippen molar-refractivity contribution in [1.29, 1.82) is 0 Å². The number of aromatic nitrogens is 3. The van der Waals surface area contributed by atoms with Crippen molar-refractivity contribution >= 4 is 16.9 Å². The van der Waals surface area contributed by atoms with Crippen LogP contribution in [-0.4, -0.2) is 69.4 Å². The van der Waals surface area contributed by atoms with Gasteiger partial charge in [0.25, 0.3) is 0 Å². The van der Waals surface area contributed by atoms with Gasteiger partial charge in [0.15, 0.2) is 0 Å².